The van der Waals surface area contributed by atoms with Gasteiger partial charge in [-0.15, -0.1) is 0 Å². The molecule has 0 bridgehead atoms. The molecule has 2 heterocycles. The number of amides is 2. The summed E-state index contributed by atoms with van der Waals surface area (Å²) in [6, 6.07) is 9.68. The Kier molecular flexibility index (Phi) is 7.46. The van der Waals surface area contributed by atoms with Crippen LogP contribution in [0.1, 0.15) is 44.1 Å². The van der Waals surface area contributed by atoms with Crippen LogP contribution in [0.3, 0.4) is 0 Å². The maximum atomic E-state index is 12.4. The maximum absolute atomic E-state index is 12.4. The molecule has 1 aromatic carbocycles. The molecule has 0 aliphatic carbocycles. The summed E-state index contributed by atoms with van der Waals surface area (Å²) in [7, 11) is 0. The van der Waals surface area contributed by atoms with E-state index in [-0.39, 0.29) is 17.9 Å². The first-order chi connectivity index (χ1) is 13.7. The number of hydrogen-bond acceptors (Lipinski definition) is 4. The van der Waals surface area contributed by atoms with Crippen molar-refractivity contribution in [2.75, 3.05) is 26.2 Å². The Morgan fingerprint density at radius 1 is 1.04 bits per heavy atom. The van der Waals surface area contributed by atoms with Gasteiger partial charge in [-0.2, -0.15) is 0 Å². The predicted molar refractivity (Wildman–Crippen MR) is 106 cm³/mol. The molecule has 2 amide bonds. The standard InChI is InChI=1S/C22H30N2O4/c25-16-20-7-4-12-24(15-20)21(26)9-8-18-10-13-23(14-11-18)22(27)28-17-19-5-2-1-3-6-19/h1-3,5-6,16,18,20H,4,7-15,17H2. The molecule has 0 N–H and O–H groups in total. The zero-order chi connectivity index (χ0) is 19.8. The Balaban J connectivity index is 1.34. The number of likely N-dealkylation sites (tertiary alicyclic amines) is 2. The van der Waals surface area contributed by atoms with Gasteiger partial charge in [-0.05, 0) is 43.6 Å². The normalized spacial score (nSPS) is 20.6. The molecule has 2 fully saturated rings. The molecule has 152 valence electrons. The molecular weight excluding hydrogens is 356 g/mol. The van der Waals surface area contributed by atoms with E-state index in [2.05, 4.69) is 0 Å². The molecular formula is C22H30N2O4. The second-order valence-electron chi connectivity index (χ2n) is 7.89. The molecule has 2 saturated heterocycles. The molecule has 1 aromatic rings. The average Bonchev–Trinajstić information content (AvgIpc) is 2.77. The van der Waals surface area contributed by atoms with Gasteiger partial charge in [0.15, 0.2) is 0 Å². The van der Waals surface area contributed by atoms with Crippen molar-refractivity contribution in [3.05, 3.63) is 35.9 Å². The zero-order valence-electron chi connectivity index (χ0n) is 16.4. The van der Waals surface area contributed by atoms with Crippen LogP contribution in [0.15, 0.2) is 30.3 Å². The number of benzene rings is 1. The number of aldehydes is 1. The molecule has 6 nitrogen and oxygen atoms in total. The number of rotatable bonds is 6. The van der Waals surface area contributed by atoms with Gasteiger partial charge in [-0.3, -0.25) is 4.79 Å². The number of hydrogen-bond donors (Lipinski definition) is 0. The smallest absolute Gasteiger partial charge is 0.410 e. The monoisotopic (exact) mass is 386 g/mol. The van der Waals surface area contributed by atoms with E-state index in [0.29, 0.717) is 38.6 Å². The van der Waals surface area contributed by atoms with Crippen LogP contribution in [0, 0.1) is 11.8 Å². The Morgan fingerprint density at radius 3 is 2.50 bits per heavy atom. The van der Waals surface area contributed by atoms with Gasteiger partial charge in [0.1, 0.15) is 12.9 Å². The summed E-state index contributed by atoms with van der Waals surface area (Å²) in [6.07, 6.45) is 5.74. The largest absolute Gasteiger partial charge is 0.445 e. The fraction of sp³-hybridized carbons (Fsp3) is 0.591. The minimum atomic E-state index is -0.258. The van der Waals surface area contributed by atoms with E-state index in [9.17, 15) is 14.4 Å². The van der Waals surface area contributed by atoms with Crippen LogP contribution < -0.4 is 0 Å². The summed E-state index contributed by atoms with van der Waals surface area (Å²) in [4.78, 5) is 39.2. The summed E-state index contributed by atoms with van der Waals surface area (Å²) in [5, 5.41) is 0. The Hall–Kier alpha value is -2.37. The van der Waals surface area contributed by atoms with Crippen LogP contribution in [0.2, 0.25) is 0 Å². The van der Waals surface area contributed by atoms with E-state index in [4.69, 9.17) is 4.74 Å². The highest BCUT2D eigenvalue weighted by Crippen LogP contribution is 2.24. The Bertz CT molecular complexity index is 656. The van der Waals surface area contributed by atoms with Gasteiger partial charge in [0.2, 0.25) is 5.91 Å². The SMILES string of the molecule is O=CC1CCCN(C(=O)CCC2CCN(C(=O)OCc3ccccc3)CC2)C1. The lowest BCUT2D eigenvalue weighted by Crippen LogP contribution is -2.41. The summed E-state index contributed by atoms with van der Waals surface area (Å²) in [5.41, 5.74) is 0.985. The van der Waals surface area contributed by atoms with Crippen molar-refractivity contribution in [1.29, 1.82) is 0 Å². The van der Waals surface area contributed by atoms with E-state index < -0.39 is 0 Å². The van der Waals surface area contributed by atoms with Gasteiger partial charge < -0.3 is 19.3 Å². The quantitative estimate of drug-likeness (QED) is 0.704. The second kappa shape index (κ2) is 10.2. The average molecular weight is 386 g/mol. The summed E-state index contributed by atoms with van der Waals surface area (Å²) in [5.74, 6) is 0.632. The van der Waals surface area contributed by atoms with Crippen molar-refractivity contribution in [3.63, 3.8) is 0 Å². The van der Waals surface area contributed by atoms with E-state index >= 15 is 0 Å². The molecule has 0 radical (unpaired) electrons. The molecule has 2 aliphatic heterocycles. The van der Waals surface area contributed by atoms with Crippen LogP contribution in [0.4, 0.5) is 4.79 Å². The lowest BCUT2D eigenvalue weighted by Gasteiger charge is -2.33. The van der Waals surface area contributed by atoms with Crippen LogP contribution >= 0.6 is 0 Å². The number of carbonyl (C=O) groups is 3. The first-order valence-electron chi connectivity index (χ1n) is 10.3. The van der Waals surface area contributed by atoms with Crippen LogP contribution in [-0.2, 0) is 20.9 Å². The number of carbonyl (C=O) groups excluding carboxylic acids is 3. The predicted octanol–water partition coefficient (Wildman–Crippen LogP) is 3.25. The maximum Gasteiger partial charge on any atom is 0.410 e. The van der Waals surface area contributed by atoms with Gasteiger partial charge in [-0.25, -0.2) is 4.79 Å². The highest BCUT2D eigenvalue weighted by molar-refractivity contribution is 5.76. The summed E-state index contributed by atoms with van der Waals surface area (Å²) < 4.78 is 5.40. The summed E-state index contributed by atoms with van der Waals surface area (Å²) >= 11 is 0. The molecule has 0 spiro atoms. The highest BCUT2D eigenvalue weighted by Gasteiger charge is 2.26. The van der Waals surface area contributed by atoms with Crippen molar-refractivity contribution < 1.29 is 19.1 Å². The molecule has 1 atom stereocenters. The third-order valence-corrected chi connectivity index (χ3v) is 5.85. The van der Waals surface area contributed by atoms with E-state index in [1.54, 1.807) is 4.90 Å². The van der Waals surface area contributed by atoms with Crippen molar-refractivity contribution in [1.82, 2.24) is 9.80 Å². The molecule has 0 saturated carbocycles. The molecule has 2 aliphatic rings. The molecule has 3 rings (SSSR count). The topological polar surface area (TPSA) is 66.9 Å². The Morgan fingerprint density at radius 2 is 1.79 bits per heavy atom. The highest BCUT2D eigenvalue weighted by atomic mass is 16.6. The summed E-state index contributed by atoms with van der Waals surface area (Å²) in [6.45, 7) is 3.02. The minimum absolute atomic E-state index is 0.00263. The van der Waals surface area contributed by atoms with Gasteiger partial charge in [0.05, 0.1) is 0 Å². The van der Waals surface area contributed by atoms with Gasteiger partial charge in [0, 0.05) is 38.5 Å². The molecule has 6 heteroatoms. The fourth-order valence-electron chi connectivity index (χ4n) is 4.05. The molecule has 0 aromatic heterocycles. The number of piperidine rings is 2. The van der Waals surface area contributed by atoms with Crippen LogP contribution in [0.25, 0.3) is 0 Å². The van der Waals surface area contributed by atoms with Crippen LogP contribution in [-0.4, -0.2) is 54.3 Å². The minimum Gasteiger partial charge on any atom is -0.445 e. The van der Waals surface area contributed by atoms with Gasteiger partial charge in [-0.1, -0.05) is 30.3 Å². The van der Waals surface area contributed by atoms with Crippen molar-refractivity contribution >= 4 is 18.3 Å². The van der Waals surface area contributed by atoms with E-state index in [1.807, 2.05) is 35.2 Å². The number of nitrogens with zero attached hydrogens (tertiary/aromatic N) is 2. The van der Waals surface area contributed by atoms with Crippen molar-refractivity contribution in [3.8, 4) is 0 Å². The second-order valence-corrected chi connectivity index (χ2v) is 7.89. The third-order valence-electron chi connectivity index (χ3n) is 5.85. The zero-order valence-corrected chi connectivity index (χ0v) is 16.4. The van der Waals surface area contributed by atoms with Crippen LogP contribution in [0.5, 0.6) is 0 Å². The van der Waals surface area contributed by atoms with E-state index in [0.717, 1.165) is 50.5 Å². The fourth-order valence-corrected chi connectivity index (χ4v) is 4.05. The van der Waals surface area contributed by atoms with Gasteiger partial charge >= 0.3 is 6.09 Å². The third kappa shape index (κ3) is 5.81. The Labute approximate surface area is 166 Å². The molecule has 1 unspecified atom stereocenters. The number of ether oxygens (including phenoxy) is 1. The lowest BCUT2D eigenvalue weighted by molar-refractivity contribution is -0.134. The first-order valence-corrected chi connectivity index (χ1v) is 10.3. The van der Waals surface area contributed by atoms with Crippen molar-refractivity contribution in [2.45, 2.75) is 45.1 Å². The van der Waals surface area contributed by atoms with Crippen molar-refractivity contribution in [2.24, 2.45) is 11.8 Å². The van der Waals surface area contributed by atoms with Gasteiger partial charge in [0.25, 0.3) is 0 Å². The van der Waals surface area contributed by atoms with E-state index in [1.165, 1.54) is 0 Å². The lowest BCUT2D eigenvalue weighted by atomic mass is 9.91. The first kappa shape index (κ1) is 20.4. The molecule has 28 heavy (non-hydrogen) atoms.